The fourth-order valence-corrected chi connectivity index (χ4v) is 15.8. The van der Waals surface area contributed by atoms with E-state index in [0.717, 1.165) is 17.3 Å². The molecule has 0 radical (unpaired) electrons. The molecule has 0 nitrogen and oxygen atoms in total. The summed E-state index contributed by atoms with van der Waals surface area (Å²) >= 11 is 11.5. The van der Waals surface area contributed by atoms with Crippen molar-refractivity contribution in [1.29, 1.82) is 0 Å². The molecule has 0 heterocycles. The largest absolute Gasteiger partial charge is 0.109 e. The maximum atomic E-state index is 5.60. The van der Waals surface area contributed by atoms with Crippen LogP contribution in [0.4, 0.5) is 0 Å². The predicted octanol–water partition coefficient (Wildman–Crippen LogP) is 4.47. The van der Waals surface area contributed by atoms with Gasteiger partial charge in [0.25, 0.3) is 0 Å². The van der Waals surface area contributed by atoms with E-state index in [1.54, 1.807) is 0 Å². The van der Waals surface area contributed by atoms with Gasteiger partial charge in [0.05, 0.1) is 0 Å². The molecule has 0 rings (SSSR count). The molecule has 0 aliphatic rings. The first-order valence-electron chi connectivity index (χ1n) is 3.72. The van der Waals surface area contributed by atoms with Crippen LogP contribution < -0.4 is 0 Å². The van der Waals surface area contributed by atoms with E-state index >= 15 is 0 Å². The molecule has 11 heavy (non-hydrogen) atoms. The molecule has 0 aromatic carbocycles. The standard InChI is InChI=1S/C6H15PS4/c1-4-9-7(8,10-5-2)11-6-3/h4-6H2,1-3H3. The quantitative estimate of drug-likeness (QED) is 0.634. The molecule has 0 aromatic rings. The molecular weight excluding hydrogens is 231 g/mol. The molecule has 0 fully saturated rings. The summed E-state index contributed by atoms with van der Waals surface area (Å²) in [6, 6.07) is 0. The van der Waals surface area contributed by atoms with Crippen LogP contribution in [0.15, 0.2) is 0 Å². The molecule has 0 aliphatic carbocycles. The lowest BCUT2D eigenvalue weighted by Gasteiger charge is -2.17. The Morgan fingerprint density at radius 2 is 1.18 bits per heavy atom. The number of hydrogen-bond donors (Lipinski definition) is 0. The molecule has 68 valence electrons. The average Bonchev–Trinajstić information content (AvgIpc) is 1.88. The van der Waals surface area contributed by atoms with Crippen LogP contribution in [-0.4, -0.2) is 17.3 Å². The third-order valence-corrected chi connectivity index (χ3v) is 16.3. The fourth-order valence-electron chi connectivity index (χ4n) is 0.586. The molecule has 0 atom stereocenters. The Bertz CT molecular complexity index is 113. The summed E-state index contributed by atoms with van der Waals surface area (Å²) in [5.41, 5.74) is 0. The van der Waals surface area contributed by atoms with Crippen molar-refractivity contribution in [2.45, 2.75) is 20.8 Å². The second-order valence-corrected chi connectivity index (χ2v) is 18.2. The molecular formula is C6H15PS4. The Kier molecular flexibility index (Phi) is 8.24. The Labute approximate surface area is 87.3 Å². The van der Waals surface area contributed by atoms with Gasteiger partial charge in [0, 0.05) is 0 Å². The highest BCUT2D eigenvalue weighted by molar-refractivity contribution is 9.23. The van der Waals surface area contributed by atoms with Crippen LogP contribution in [0, 0.1) is 0 Å². The normalized spacial score (nSPS) is 11.9. The van der Waals surface area contributed by atoms with Gasteiger partial charge < -0.3 is 0 Å². The van der Waals surface area contributed by atoms with Gasteiger partial charge in [0.15, 0.2) is 0 Å². The maximum Gasteiger partial charge on any atom is 0.109 e. The Morgan fingerprint density at radius 3 is 1.36 bits per heavy atom. The van der Waals surface area contributed by atoms with Gasteiger partial charge in [0.2, 0.25) is 0 Å². The topological polar surface area (TPSA) is 0 Å². The predicted molar refractivity (Wildman–Crippen MR) is 68.7 cm³/mol. The van der Waals surface area contributed by atoms with Gasteiger partial charge in [0.1, 0.15) is 3.64 Å². The third-order valence-electron chi connectivity index (χ3n) is 0.862. The van der Waals surface area contributed by atoms with Crippen molar-refractivity contribution in [2.24, 2.45) is 0 Å². The molecule has 0 amide bonds. The van der Waals surface area contributed by atoms with Crippen LogP contribution in [-0.2, 0) is 11.8 Å². The first kappa shape index (κ1) is 12.7. The summed E-state index contributed by atoms with van der Waals surface area (Å²) < 4.78 is -1.14. The van der Waals surface area contributed by atoms with E-state index in [0.29, 0.717) is 0 Å². The minimum Gasteiger partial charge on any atom is -0.105 e. The van der Waals surface area contributed by atoms with Gasteiger partial charge in [-0.15, -0.1) is 34.1 Å². The lowest BCUT2D eigenvalue weighted by Crippen LogP contribution is -1.71. The van der Waals surface area contributed by atoms with Crippen LogP contribution in [0.2, 0.25) is 0 Å². The zero-order valence-corrected chi connectivity index (χ0v) is 11.4. The lowest BCUT2D eigenvalue weighted by atomic mass is 11.0. The van der Waals surface area contributed by atoms with Crippen LogP contribution in [0.5, 0.6) is 0 Å². The van der Waals surface area contributed by atoms with Crippen molar-refractivity contribution >= 4 is 49.6 Å². The van der Waals surface area contributed by atoms with E-state index in [2.05, 4.69) is 20.8 Å². The zero-order chi connectivity index (χ0) is 8.74. The van der Waals surface area contributed by atoms with Gasteiger partial charge in [-0.2, -0.15) is 0 Å². The van der Waals surface area contributed by atoms with Crippen LogP contribution in [0.1, 0.15) is 20.8 Å². The van der Waals surface area contributed by atoms with Crippen molar-refractivity contribution in [1.82, 2.24) is 0 Å². The molecule has 0 unspecified atom stereocenters. The van der Waals surface area contributed by atoms with Gasteiger partial charge >= 0.3 is 0 Å². The minimum atomic E-state index is -1.14. The molecule has 0 N–H and O–H groups in total. The van der Waals surface area contributed by atoms with Crippen LogP contribution in [0.25, 0.3) is 0 Å². The first-order chi connectivity index (χ1) is 5.18. The van der Waals surface area contributed by atoms with Gasteiger partial charge in [-0.3, -0.25) is 0 Å². The lowest BCUT2D eigenvalue weighted by molar-refractivity contribution is 1.54. The zero-order valence-electron chi connectivity index (χ0n) is 7.20. The van der Waals surface area contributed by atoms with Crippen molar-refractivity contribution in [3.05, 3.63) is 0 Å². The summed E-state index contributed by atoms with van der Waals surface area (Å²) in [6.45, 7) is 6.58. The fraction of sp³-hybridized carbons (Fsp3) is 1.00. The van der Waals surface area contributed by atoms with E-state index in [9.17, 15) is 0 Å². The van der Waals surface area contributed by atoms with Gasteiger partial charge in [-0.05, 0) is 17.3 Å². The molecule has 0 bridgehead atoms. The highest BCUT2D eigenvalue weighted by atomic mass is 33.5. The van der Waals surface area contributed by atoms with E-state index in [1.807, 2.05) is 34.1 Å². The first-order valence-corrected chi connectivity index (χ1v) is 11.3. The van der Waals surface area contributed by atoms with Crippen molar-refractivity contribution in [2.75, 3.05) is 17.3 Å². The van der Waals surface area contributed by atoms with E-state index in [-0.39, 0.29) is 0 Å². The molecule has 0 saturated heterocycles. The second kappa shape index (κ2) is 7.14. The second-order valence-electron chi connectivity index (χ2n) is 1.70. The highest BCUT2D eigenvalue weighted by Crippen LogP contribution is 2.77. The smallest absolute Gasteiger partial charge is 0.105 e. The SMILES string of the molecule is CCSP(=S)(SCC)SCC. The summed E-state index contributed by atoms with van der Waals surface area (Å²) in [6.07, 6.45) is 0. The Hall–Kier alpha value is 1.70. The average molecular weight is 246 g/mol. The molecule has 0 saturated carbocycles. The van der Waals surface area contributed by atoms with E-state index < -0.39 is 3.64 Å². The maximum absolute atomic E-state index is 5.60. The van der Waals surface area contributed by atoms with Crippen LogP contribution >= 0.6 is 37.8 Å². The third kappa shape index (κ3) is 5.87. The summed E-state index contributed by atoms with van der Waals surface area (Å²) in [7, 11) is 0. The Balaban J connectivity index is 3.91. The van der Waals surface area contributed by atoms with Crippen LogP contribution in [0.3, 0.4) is 0 Å². The minimum absolute atomic E-state index is 1.14. The van der Waals surface area contributed by atoms with Crippen molar-refractivity contribution < 1.29 is 0 Å². The molecule has 5 heteroatoms. The number of rotatable bonds is 6. The van der Waals surface area contributed by atoms with Gasteiger partial charge in [-0.25, -0.2) is 0 Å². The summed E-state index contributed by atoms with van der Waals surface area (Å²) in [5, 5.41) is 0. The number of hydrogen-bond acceptors (Lipinski definition) is 4. The van der Waals surface area contributed by atoms with Crippen molar-refractivity contribution in [3.8, 4) is 0 Å². The molecule has 0 spiro atoms. The van der Waals surface area contributed by atoms with Gasteiger partial charge in [-0.1, -0.05) is 32.6 Å². The monoisotopic (exact) mass is 246 g/mol. The van der Waals surface area contributed by atoms with Crippen molar-refractivity contribution in [3.63, 3.8) is 0 Å². The Morgan fingerprint density at radius 1 is 0.909 bits per heavy atom. The molecule has 0 aromatic heterocycles. The van der Waals surface area contributed by atoms with E-state index in [1.165, 1.54) is 0 Å². The highest BCUT2D eigenvalue weighted by Gasteiger charge is 2.15. The summed E-state index contributed by atoms with van der Waals surface area (Å²) in [5.74, 6) is 3.49. The molecule has 0 aliphatic heterocycles. The summed E-state index contributed by atoms with van der Waals surface area (Å²) in [4.78, 5) is 0. The van der Waals surface area contributed by atoms with E-state index in [4.69, 9.17) is 11.8 Å².